The van der Waals surface area contributed by atoms with E-state index < -0.39 is 17.0 Å². The van der Waals surface area contributed by atoms with Crippen LogP contribution in [0.5, 0.6) is 0 Å². The second-order valence-electron chi connectivity index (χ2n) is 9.61. The van der Waals surface area contributed by atoms with E-state index in [4.69, 9.17) is 4.42 Å². The smallest absolute Gasteiger partial charge is 0.336 e. The molecule has 0 saturated heterocycles. The molecule has 0 amide bonds. The van der Waals surface area contributed by atoms with E-state index in [0.29, 0.717) is 11.1 Å². The lowest BCUT2D eigenvalue weighted by Gasteiger charge is -2.31. The van der Waals surface area contributed by atoms with E-state index in [9.17, 15) is 19.5 Å². The molecule has 6 heteroatoms. The van der Waals surface area contributed by atoms with Crippen molar-refractivity contribution in [3.8, 4) is 0 Å². The van der Waals surface area contributed by atoms with Gasteiger partial charge in [0.1, 0.15) is 5.58 Å². The number of carboxylic acid groups (broad SMARTS) is 1. The van der Waals surface area contributed by atoms with E-state index in [1.165, 1.54) is 18.1 Å². The number of likely N-dealkylation sites (N-methyl/N-ethyl adjacent to an activating group) is 1. The van der Waals surface area contributed by atoms with Crippen molar-refractivity contribution in [3.63, 3.8) is 0 Å². The predicted molar refractivity (Wildman–Crippen MR) is 135 cm³/mol. The summed E-state index contributed by atoms with van der Waals surface area (Å²) in [6, 6.07) is 13.3. The maximum absolute atomic E-state index is 13.4. The summed E-state index contributed by atoms with van der Waals surface area (Å²) in [4.78, 5) is 38.8. The zero-order valence-corrected chi connectivity index (χ0v) is 19.8. The fourth-order valence-corrected chi connectivity index (χ4v) is 5.42. The SMILES string of the molecule is CN1/C(=C\C(=O)c2ccc3ccc(=O)oc3c2)C(C)(CC2=CCCCC2)c2cc(C(=O)O)ccc21. The molecule has 1 aromatic heterocycles. The number of aromatic carboxylic acids is 1. The molecule has 0 bridgehead atoms. The summed E-state index contributed by atoms with van der Waals surface area (Å²) in [7, 11) is 1.92. The fraction of sp³-hybridized carbons (Fsp3) is 0.276. The van der Waals surface area contributed by atoms with Gasteiger partial charge in [0, 0.05) is 46.9 Å². The Hall–Kier alpha value is -3.93. The zero-order chi connectivity index (χ0) is 24.7. The van der Waals surface area contributed by atoms with Crippen LogP contribution in [0.15, 0.2) is 81.2 Å². The summed E-state index contributed by atoms with van der Waals surface area (Å²) < 4.78 is 5.27. The van der Waals surface area contributed by atoms with Crippen molar-refractivity contribution in [1.29, 1.82) is 0 Å². The number of nitrogens with zero attached hydrogens (tertiary/aromatic N) is 1. The minimum absolute atomic E-state index is 0.199. The summed E-state index contributed by atoms with van der Waals surface area (Å²) >= 11 is 0. The predicted octanol–water partition coefficient (Wildman–Crippen LogP) is 5.86. The minimum Gasteiger partial charge on any atom is -0.478 e. The van der Waals surface area contributed by atoms with Crippen molar-refractivity contribution in [1.82, 2.24) is 0 Å². The van der Waals surface area contributed by atoms with Gasteiger partial charge in [-0.3, -0.25) is 4.79 Å². The van der Waals surface area contributed by atoms with Crippen LogP contribution in [0.25, 0.3) is 11.0 Å². The molecular weight excluding hydrogens is 442 g/mol. The molecule has 0 spiro atoms. The van der Waals surface area contributed by atoms with Crippen LogP contribution < -0.4 is 10.5 Å². The number of carboxylic acids is 1. The van der Waals surface area contributed by atoms with Crippen molar-refractivity contribution < 1.29 is 19.1 Å². The number of ketones is 1. The van der Waals surface area contributed by atoms with Gasteiger partial charge in [-0.1, -0.05) is 23.8 Å². The molecule has 2 heterocycles. The Balaban J connectivity index is 1.61. The van der Waals surface area contributed by atoms with Crippen LogP contribution in [-0.4, -0.2) is 23.9 Å². The minimum atomic E-state index is -0.971. The second-order valence-corrected chi connectivity index (χ2v) is 9.61. The molecule has 1 N–H and O–H groups in total. The van der Waals surface area contributed by atoms with Gasteiger partial charge in [-0.2, -0.15) is 0 Å². The maximum Gasteiger partial charge on any atom is 0.336 e. The van der Waals surface area contributed by atoms with E-state index >= 15 is 0 Å². The Morgan fingerprint density at radius 2 is 1.86 bits per heavy atom. The fourth-order valence-electron chi connectivity index (χ4n) is 5.42. The van der Waals surface area contributed by atoms with Gasteiger partial charge in [-0.15, -0.1) is 0 Å². The average Bonchev–Trinajstić information content (AvgIpc) is 3.05. The van der Waals surface area contributed by atoms with Crippen LogP contribution in [0.3, 0.4) is 0 Å². The lowest BCUT2D eigenvalue weighted by atomic mass is 9.74. The number of hydrogen-bond acceptors (Lipinski definition) is 5. The van der Waals surface area contributed by atoms with Gasteiger partial charge in [0.2, 0.25) is 0 Å². The number of anilines is 1. The molecule has 0 fully saturated rings. The lowest BCUT2D eigenvalue weighted by molar-refractivity contribution is 0.0696. The third-order valence-corrected chi connectivity index (χ3v) is 7.27. The third kappa shape index (κ3) is 4.09. The Morgan fingerprint density at radius 3 is 2.60 bits per heavy atom. The molecule has 1 aliphatic carbocycles. The largest absolute Gasteiger partial charge is 0.478 e. The number of rotatable bonds is 5. The van der Waals surface area contributed by atoms with Crippen LogP contribution in [0.2, 0.25) is 0 Å². The molecule has 1 aliphatic heterocycles. The summed E-state index contributed by atoms with van der Waals surface area (Å²) in [6.07, 6.45) is 9.03. The Bertz CT molecular complexity index is 1480. The maximum atomic E-state index is 13.4. The highest BCUT2D eigenvalue weighted by Gasteiger charge is 2.43. The summed E-state index contributed by atoms with van der Waals surface area (Å²) in [5, 5.41) is 10.4. The highest BCUT2D eigenvalue weighted by atomic mass is 16.4. The van der Waals surface area contributed by atoms with Gasteiger partial charge in [0.25, 0.3) is 0 Å². The van der Waals surface area contributed by atoms with Crippen molar-refractivity contribution in [2.24, 2.45) is 0 Å². The van der Waals surface area contributed by atoms with E-state index in [1.807, 2.05) is 18.0 Å². The summed E-state index contributed by atoms with van der Waals surface area (Å²) in [5.41, 5.74) is 3.98. The quantitative estimate of drug-likeness (QED) is 0.218. The van der Waals surface area contributed by atoms with Crippen molar-refractivity contribution in [2.75, 3.05) is 11.9 Å². The molecule has 0 saturated carbocycles. The van der Waals surface area contributed by atoms with Gasteiger partial charge in [0.15, 0.2) is 5.78 Å². The average molecular weight is 470 g/mol. The van der Waals surface area contributed by atoms with Gasteiger partial charge in [0.05, 0.1) is 5.56 Å². The first-order valence-electron chi connectivity index (χ1n) is 11.9. The van der Waals surface area contributed by atoms with E-state index in [0.717, 1.165) is 48.0 Å². The number of carbonyl (C=O) groups excluding carboxylic acids is 1. The van der Waals surface area contributed by atoms with E-state index in [1.54, 1.807) is 42.5 Å². The zero-order valence-electron chi connectivity index (χ0n) is 19.8. The molecule has 0 radical (unpaired) electrons. The molecule has 3 aromatic rings. The van der Waals surface area contributed by atoms with Gasteiger partial charge >= 0.3 is 11.6 Å². The van der Waals surface area contributed by atoms with Crippen molar-refractivity contribution in [3.05, 3.63) is 99.1 Å². The molecule has 1 unspecified atom stereocenters. The first kappa shape index (κ1) is 22.8. The highest BCUT2D eigenvalue weighted by molar-refractivity contribution is 6.07. The second kappa shape index (κ2) is 8.69. The standard InChI is InChI=1S/C29H27NO5/c1-29(17-18-6-4-3-5-7-18)22-14-21(28(33)34)10-12-23(22)30(2)26(29)16-24(31)20-9-8-19-11-13-27(32)35-25(19)15-20/h6,8-16H,3-5,7,17H2,1-2H3,(H,33,34)/b26-16-. The Morgan fingerprint density at radius 1 is 1.09 bits per heavy atom. The molecular formula is C29H27NO5. The van der Waals surface area contributed by atoms with Crippen LogP contribution >= 0.6 is 0 Å². The number of allylic oxidation sites excluding steroid dienone is 4. The van der Waals surface area contributed by atoms with Crippen molar-refractivity contribution in [2.45, 2.75) is 44.4 Å². The number of carbonyl (C=O) groups is 2. The normalized spacial score (nSPS) is 20.7. The van der Waals surface area contributed by atoms with Gasteiger partial charge in [-0.05, 0) is 74.9 Å². The Labute approximate surface area is 203 Å². The van der Waals surface area contributed by atoms with Crippen LogP contribution in [0, 0.1) is 0 Å². The van der Waals surface area contributed by atoms with Crippen LogP contribution in [0.4, 0.5) is 5.69 Å². The number of benzene rings is 2. The first-order chi connectivity index (χ1) is 16.8. The van der Waals surface area contributed by atoms with Crippen LogP contribution in [0.1, 0.15) is 65.3 Å². The molecule has 178 valence electrons. The number of hydrogen-bond donors (Lipinski definition) is 1. The molecule has 5 rings (SSSR count). The van der Waals surface area contributed by atoms with Gasteiger partial charge < -0.3 is 14.4 Å². The third-order valence-electron chi connectivity index (χ3n) is 7.27. The Kier molecular flexibility index (Phi) is 5.67. The number of fused-ring (bicyclic) bond motifs is 2. The summed E-state index contributed by atoms with van der Waals surface area (Å²) in [5.74, 6) is -1.17. The molecule has 2 aliphatic rings. The molecule has 1 atom stereocenters. The summed E-state index contributed by atoms with van der Waals surface area (Å²) in [6.45, 7) is 2.09. The first-order valence-corrected chi connectivity index (χ1v) is 11.9. The molecule has 6 nitrogen and oxygen atoms in total. The highest BCUT2D eigenvalue weighted by Crippen LogP contribution is 2.51. The van der Waals surface area contributed by atoms with E-state index in [2.05, 4.69) is 13.0 Å². The van der Waals surface area contributed by atoms with Crippen molar-refractivity contribution >= 4 is 28.4 Å². The van der Waals surface area contributed by atoms with Gasteiger partial charge in [-0.25, -0.2) is 9.59 Å². The lowest BCUT2D eigenvalue weighted by Crippen LogP contribution is -2.28. The van der Waals surface area contributed by atoms with Crippen LogP contribution in [-0.2, 0) is 5.41 Å². The monoisotopic (exact) mass is 469 g/mol. The topological polar surface area (TPSA) is 87.8 Å². The van der Waals surface area contributed by atoms with E-state index in [-0.39, 0.29) is 11.3 Å². The molecule has 35 heavy (non-hydrogen) atoms. The molecule has 2 aromatic carbocycles.